The lowest BCUT2D eigenvalue weighted by atomic mass is 13.9. The van der Waals surface area contributed by atoms with Crippen molar-refractivity contribution in [2.45, 2.75) is 0 Å². The van der Waals surface area contributed by atoms with Crippen molar-refractivity contribution in [3.8, 4) is 0 Å². The van der Waals surface area contributed by atoms with Gasteiger partial charge in [0.1, 0.15) is 0 Å². The molecule has 3 N–H and O–H groups in total. The van der Waals surface area contributed by atoms with Crippen molar-refractivity contribution in [1.29, 1.82) is 0 Å². The van der Waals surface area contributed by atoms with Gasteiger partial charge in [0.2, 0.25) is 0 Å². The maximum absolute atomic E-state index is 8.93. The van der Waals surface area contributed by atoms with E-state index < -0.39 is 8.18 Å². The Morgan fingerprint density at radius 1 is 1.80 bits per heavy atom. The summed E-state index contributed by atoms with van der Waals surface area (Å²) in [6.45, 7) is 0. The van der Waals surface area contributed by atoms with Gasteiger partial charge in [-0.3, -0.25) is 0 Å². The molecule has 0 bridgehead atoms. The van der Waals surface area contributed by atoms with Crippen molar-refractivity contribution in [3.63, 3.8) is 0 Å². The summed E-state index contributed by atoms with van der Waals surface area (Å²) in [7, 11) is -2.37. The molecule has 0 aliphatic rings. The second kappa shape index (κ2) is 4.31. The van der Waals surface area contributed by atoms with Gasteiger partial charge >= 0.3 is 8.18 Å². The first-order chi connectivity index (χ1) is 1.73. The van der Waals surface area contributed by atoms with E-state index >= 15 is 0 Å². The first kappa shape index (κ1) is 9.00. The first-order valence-corrected chi connectivity index (χ1v) is 1.92. The van der Waals surface area contributed by atoms with Crippen LogP contribution in [-0.4, -0.2) is 4.89 Å². The van der Waals surface area contributed by atoms with E-state index in [-0.39, 0.29) is 12.4 Å². The lowest BCUT2D eigenvalue weighted by molar-refractivity contribution is 0.504. The van der Waals surface area contributed by atoms with Gasteiger partial charge in [0, 0.05) is 0 Å². The van der Waals surface area contributed by atoms with Gasteiger partial charge in [0.05, 0.1) is 0 Å². The molecule has 5 heavy (non-hydrogen) atoms. The SMILES string of the molecule is Cl.N[P+](=O)O. The summed E-state index contributed by atoms with van der Waals surface area (Å²) in [4.78, 5) is 7.34. The van der Waals surface area contributed by atoms with Gasteiger partial charge in [-0.15, -0.1) is 17.3 Å². The molecule has 0 heterocycles. The lowest BCUT2D eigenvalue weighted by Gasteiger charge is -1.36. The molecule has 0 aromatic heterocycles. The fourth-order valence-corrected chi connectivity index (χ4v) is 0. The molecule has 0 aromatic carbocycles. The minimum absolute atomic E-state index is 0. The number of nitrogens with two attached hydrogens (primary N) is 1. The first-order valence-electron chi connectivity index (χ1n) is 0.641. The minimum Gasteiger partial charge on any atom is -0.147 e. The van der Waals surface area contributed by atoms with Crippen molar-refractivity contribution in [3.05, 3.63) is 0 Å². The van der Waals surface area contributed by atoms with Crippen LogP contribution >= 0.6 is 20.6 Å². The zero-order valence-electron chi connectivity index (χ0n) is 2.29. The van der Waals surface area contributed by atoms with Gasteiger partial charge in [0.15, 0.2) is 0 Å². The molecule has 0 spiro atoms. The smallest absolute Gasteiger partial charge is 0.147 e. The summed E-state index contributed by atoms with van der Waals surface area (Å²) in [5.74, 6) is 0. The van der Waals surface area contributed by atoms with E-state index in [1.54, 1.807) is 0 Å². The second-order valence-corrected chi connectivity index (χ2v) is 0.908. The highest BCUT2D eigenvalue weighted by Gasteiger charge is 1.88. The van der Waals surface area contributed by atoms with E-state index in [1.807, 2.05) is 0 Å². The molecule has 0 rings (SSSR count). The minimum atomic E-state index is -2.37. The van der Waals surface area contributed by atoms with E-state index in [4.69, 9.17) is 9.46 Å². The largest absolute Gasteiger partial charge is 0.607 e. The molecule has 0 saturated carbocycles. The molecule has 0 aromatic rings. The van der Waals surface area contributed by atoms with Crippen LogP contribution in [0.15, 0.2) is 0 Å². The molecule has 3 nitrogen and oxygen atoms in total. The molecule has 1 unspecified atom stereocenters. The predicted octanol–water partition coefficient (Wildman–Crippen LogP) is 0.0166. The van der Waals surface area contributed by atoms with Crippen LogP contribution in [-0.2, 0) is 4.57 Å². The zero-order valence-corrected chi connectivity index (χ0v) is 4.00. The summed E-state index contributed by atoms with van der Waals surface area (Å²) in [6, 6.07) is 0. The topological polar surface area (TPSA) is 63.3 Å². The quantitative estimate of drug-likeness (QED) is 0.439. The average Bonchev–Trinajstić information content (AvgIpc) is 0.811. The predicted molar refractivity (Wildman–Crippen MR) is 21.3 cm³/mol. The van der Waals surface area contributed by atoms with Crippen LogP contribution in [0.2, 0.25) is 0 Å². The van der Waals surface area contributed by atoms with E-state index in [0.717, 1.165) is 0 Å². The Kier molecular flexibility index (Phi) is 7.76. The molecule has 0 amide bonds. The third-order valence-corrected chi connectivity index (χ3v) is 0. The number of hydrogen-bond donors (Lipinski definition) is 2. The molecule has 5 heteroatoms. The molecule has 0 saturated heterocycles. The fraction of sp³-hybridized carbons (Fsp3) is 0. The second-order valence-electron chi connectivity index (χ2n) is 0.303. The maximum Gasteiger partial charge on any atom is 0.607 e. The van der Waals surface area contributed by atoms with E-state index in [2.05, 4.69) is 5.50 Å². The number of hydrogen-bond acceptors (Lipinski definition) is 1. The third kappa shape index (κ3) is 239. The Morgan fingerprint density at radius 2 is 1.80 bits per heavy atom. The van der Waals surface area contributed by atoms with Gasteiger partial charge < -0.3 is 0 Å². The van der Waals surface area contributed by atoms with Gasteiger partial charge in [-0.25, -0.2) is 0 Å². The Hall–Kier alpha value is 0.310. The Labute approximate surface area is 36.5 Å². The third-order valence-electron chi connectivity index (χ3n) is 0. The van der Waals surface area contributed by atoms with Crippen LogP contribution in [0.3, 0.4) is 0 Å². The summed E-state index contributed by atoms with van der Waals surface area (Å²) in [5, 5.41) is 0. The maximum atomic E-state index is 8.93. The molecule has 0 fully saturated rings. The summed E-state index contributed by atoms with van der Waals surface area (Å²) < 4.78 is 8.93. The van der Waals surface area contributed by atoms with E-state index in [1.165, 1.54) is 0 Å². The molecule has 1 atom stereocenters. The van der Waals surface area contributed by atoms with Crippen molar-refractivity contribution in [1.82, 2.24) is 0 Å². The van der Waals surface area contributed by atoms with Crippen LogP contribution < -0.4 is 5.50 Å². The molecular formula is H4ClNO2P+. The highest BCUT2D eigenvalue weighted by Crippen LogP contribution is 1.91. The monoisotopic (exact) mass is 116 g/mol. The molecule has 32 valence electrons. The van der Waals surface area contributed by atoms with Gasteiger partial charge in [0.25, 0.3) is 0 Å². The molecule has 0 radical (unpaired) electrons. The van der Waals surface area contributed by atoms with Gasteiger partial charge in [-0.2, -0.15) is 0 Å². The Morgan fingerprint density at radius 3 is 1.80 bits per heavy atom. The molecule has 0 aliphatic carbocycles. The number of rotatable bonds is 0. The van der Waals surface area contributed by atoms with Crippen molar-refractivity contribution in [2.24, 2.45) is 5.50 Å². The summed E-state index contributed by atoms with van der Waals surface area (Å²) >= 11 is 0. The van der Waals surface area contributed by atoms with Crippen LogP contribution in [0.4, 0.5) is 0 Å². The summed E-state index contributed by atoms with van der Waals surface area (Å²) in [5.41, 5.74) is 4.18. The van der Waals surface area contributed by atoms with Gasteiger partial charge in [-0.1, -0.05) is 5.50 Å². The van der Waals surface area contributed by atoms with E-state index in [9.17, 15) is 0 Å². The highest BCUT2D eigenvalue weighted by atomic mass is 35.5. The zero-order chi connectivity index (χ0) is 3.58. The number of halogens is 1. The van der Waals surface area contributed by atoms with Crippen molar-refractivity contribution >= 4 is 20.6 Å². The Balaban J connectivity index is 0. The van der Waals surface area contributed by atoms with Crippen LogP contribution in [0.25, 0.3) is 0 Å². The van der Waals surface area contributed by atoms with E-state index in [0.29, 0.717) is 0 Å². The van der Waals surface area contributed by atoms with Crippen molar-refractivity contribution < 1.29 is 9.46 Å². The fourth-order valence-electron chi connectivity index (χ4n) is 0. The Bertz CT molecular complexity index is 32.6. The van der Waals surface area contributed by atoms with Crippen LogP contribution in [0.5, 0.6) is 0 Å². The molecule has 0 aliphatic heterocycles. The van der Waals surface area contributed by atoms with Crippen LogP contribution in [0, 0.1) is 0 Å². The molecular weight excluding hydrogens is 112 g/mol. The standard InChI is InChI=1S/ClH.H2NO2P/c;1-4(2)3/h1H;(H2-,1,2,3)/p+1. The normalized spacial score (nSPS) is 8.80. The lowest BCUT2D eigenvalue weighted by Crippen LogP contribution is -1.68. The van der Waals surface area contributed by atoms with Gasteiger partial charge in [-0.05, 0) is 4.57 Å². The van der Waals surface area contributed by atoms with Crippen molar-refractivity contribution in [2.75, 3.05) is 0 Å². The highest BCUT2D eigenvalue weighted by molar-refractivity contribution is 7.35. The summed E-state index contributed by atoms with van der Waals surface area (Å²) in [6.07, 6.45) is 0. The average molecular weight is 116 g/mol. The van der Waals surface area contributed by atoms with Crippen LogP contribution in [0.1, 0.15) is 0 Å².